The minimum Gasteiger partial charge on any atom is -0.378 e. The molecule has 2 aliphatic rings. The molecule has 1 aliphatic carbocycles. The van der Waals surface area contributed by atoms with Crippen molar-refractivity contribution >= 4 is 17.3 Å². The van der Waals surface area contributed by atoms with Gasteiger partial charge in [0.25, 0.3) is 0 Å². The fourth-order valence-electron chi connectivity index (χ4n) is 3.75. The van der Waals surface area contributed by atoms with E-state index in [1.807, 2.05) is 0 Å². The van der Waals surface area contributed by atoms with Gasteiger partial charge in [-0.05, 0) is 37.1 Å². The summed E-state index contributed by atoms with van der Waals surface area (Å²) in [7, 11) is 4.12. The number of rotatable bonds is 3. The van der Waals surface area contributed by atoms with Crippen LogP contribution < -0.4 is 9.80 Å². The van der Waals surface area contributed by atoms with Crippen LogP contribution in [0.5, 0.6) is 0 Å². The smallest absolute Gasteiger partial charge is 0.225 e. The number of nitrogens with zero attached hydrogens (tertiary/aromatic N) is 3. The van der Waals surface area contributed by atoms with E-state index in [1.165, 1.54) is 30.6 Å². The van der Waals surface area contributed by atoms with E-state index in [2.05, 4.69) is 53.1 Å². The fraction of sp³-hybridized carbons (Fsp3) is 0.632. The number of carbonyl (C=O) groups is 1. The molecular weight excluding hydrogens is 286 g/mol. The Kier molecular flexibility index (Phi) is 5.09. The summed E-state index contributed by atoms with van der Waals surface area (Å²) in [6.45, 7) is 3.62. The van der Waals surface area contributed by atoms with Gasteiger partial charge in [0.15, 0.2) is 0 Å². The molecule has 1 aliphatic heterocycles. The SMILES string of the molecule is CN(C)c1ccc(N2CCN(C(=O)C3CCCCC3)CC2)cc1. The molecule has 0 aromatic heterocycles. The predicted octanol–water partition coefficient (Wildman–Crippen LogP) is 2.98. The second kappa shape index (κ2) is 7.24. The summed E-state index contributed by atoms with van der Waals surface area (Å²) in [6.07, 6.45) is 5.97. The first-order valence-electron chi connectivity index (χ1n) is 8.96. The van der Waals surface area contributed by atoms with Crippen LogP contribution in [0.4, 0.5) is 11.4 Å². The monoisotopic (exact) mass is 315 g/mol. The van der Waals surface area contributed by atoms with Crippen LogP contribution in [0.15, 0.2) is 24.3 Å². The standard InChI is InChI=1S/C19H29N3O/c1-20(2)17-8-10-18(11-9-17)21-12-14-22(15-13-21)19(23)16-6-4-3-5-7-16/h8-11,16H,3-7,12-15H2,1-2H3. The highest BCUT2D eigenvalue weighted by Crippen LogP contribution is 2.26. The number of piperazine rings is 1. The quantitative estimate of drug-likeness (QED) is 0.858. The van der Waals surface area contributed by atoms with Crippen LogP contribution in [0.3, 0.4) is 0 Å². The van der Waals surface area contributed by atoms with E-state index < -0.39 is 0 Å². The van der Waals surface area contributed by atoms with Crippen molar-refractivity contribution in [1.29, 1.82) is 0 Å². The summed E-state index contributed by atoms with van der Waals surface area (Å²) < 4.78 is 0. The maximum atomic E-state index is 12.6. The maximum Gasteiger partial charge on any atom is 0.225 e. The molecule has 3 rings (SSSR count). The molecule has 0 N–H and O–H groups in total. The van der Waals surface area contributed by atoms with E-state index in [-0.39, 0.29) is 0 Å². The molecule has 1 heterocycles. The lowest BCUT2D eigenvalue weighted by Crippen LogP contribution is -2.50. The third kappa shape index (κ3) is 3.80. The van der Waals surface area contributed by atoms with Gasteiger partial charge in [-0.2, -0.15) is 0 Å². The highest BCUT2D eigenvalue weighted by Gasteiger charge is 2.28. The molecule has 23 heavy (non-hydrogen) atoms. The van der Waals surface area contributed by atoms with E-state index >= 15 is 0 Å². The molecule has 0 spiro atoms. The summed E-state index contributed by atoms with van der Waals surface area (Å²) in [6, 6.07) is 8.70. The Bertz CT molecular complexity index is 512. The number of hydrogen-bond acceptors (Lipinski definition) is 3. The minimum absolute atomic E-state index is 0.301. The van der Waals surface area contributed by atoms with Gasteiger partial charge in [-0.3, -0.25) is 4.79 Å². The van der Waals surface area contributed by atoms with Crippen LogP contribution in [0.25, 0.3) is 0 Å². The van der Waals surface area contributed by atoms with E-state index in [9.17, 15) is 4.79 Å². The Morgan fingerprint density at radius 1 is 0.957 bits per heavy atom. The average Bonchev–Trinajstić information content (AvgIpc) is 2.62. The van der Waals surface area contributed by atoms with Gasteiger partial charge in [-0.1, -0.05) is 19.3 Å². The van der Waals surface area contributed by atoms with Crippen LogP contribution in [0, 0.1) is 5.92 Å². The molecule has 0 radical (unpaired) electrons. The van der Waals surface area contributed by atoms with Gasteiger partial charge in [0.2, 0.25) is 5.91 Å². The van der Waals surface area contributed by atoms with Crippen LogP contribution in [0.2, 0.25) is 0 Å². The molecule has 1 amide bonds. The van der Waals surface area contributed by atoms with Gasteiger partial charge in [0, 0.05) is 57.6 Å². The van der Waals surface area contributed by atoms with E-state index in [1.54, 1.807) is 0 Å². The van der Waals surface area contributed by atoms with Crippen molar-refractivity contribution in [3.63, 3.8) is 0 Å². The topological polar surface area (TPSA) is 26.8 Å². The Labute approximate surface area is 140 Å². The zero-order valence-corrected chi connectivity index (χ0v) is 14.5. The fourth-order valence-corrected chi connectivity index (χ4v) is 3.75. The zero-order chi connectivity index (χ0) is 16.2. The number of carbonyl (C=O) groups excluding carboxylic acids is 1. The lowest BCUT2D eigenvalue weighted by molar-refractivity contribution is -0.136. The van der Waals surface area contributed by atoms with Crippen molar-refractivity contribution in [2.24, 2.45) is 5.92 Å². The van der Waals surface area contributed by atoms with Crippen molar-refractivity contribution in [1.82, 2.24) is 4.90 Å². The summed E-state index contributed by atoms with van der Waals surface area (Å²) >= 11 is 0. The Morgan fingerprint density at radius 3 is 2.13 bits per heavy atom. The largest absolute Gasteiger partial charge is 0.378 e. The van der Waals surface area contributed by atoms with Crippen LogP contribution >= 0.6 is 0 Å². The molecule has 126 valence electrons. The molecule has 0 unspecified atom stereocenters. The zero-order valence-electron chi connectivity index (χ0n) is 14.5. The van der Waals surface area contributed by atoms with E-state index in [4.69, 9.17) is 0 Å². The molecular formula is C19H29N3O. The maximum absolute atomic E-state index is 12.6. The molecule has 4 heteroatoms. The first kappa shape index (κ1) is 16.2. The molecule has 1 saturated carbocycles. The number of hydrogen-bond donors (Lipinski definition) is 0. The number of anilines is 2. The Hall–Kier alpha value is -1.71. The normalized spacial score (nSPS) is 19.7. The third-order valence-electron chi connectivity index (χ3n) is 5.28. The molecule has 4 nitrogen and oxygen atoms in total. The van der Waals surface area contributed by atoms with Gasteiger partial charge < -0.3 is 14.7 Å². The van der Waals surface area contributed by atoms with Crippen LogP contribution in [0.1, 0.15) is 32.1 Å². The minimum atomic E-state index is 0.301. The van der Waals surface area contributed by atoms with Crippen molar-refractivity contribution in [3.8, 4) is 0 Å². The van der Waals surface area contributed by atoms with Gasteiger partial charge >= 0.3 is 0 Å². The first-order valence-corrected chi connectivity index (χ1v) is 8.96. The van der Waals surface area contributed by atoms with Crippen molar-refractivity contribution in [2.75, 3.05) is 50.1 Å². The van der Waals surface area contributed by atoms with Gasteiger partial charge in [0.05, 0.1) is 0 Å². The summed E-state index contributed by atoms with van der Waals surface area (Å²) in [5.41, 5.74) is 2.49. The van der Waals surface area contributed by atoms with Crippen LogP contribution in [-0.2, 0) is 4.79 Å². The second-order valence-corrected chi connectivity index (χ2v) is 7.06. The molecule has 1 aromatic rings. The van der Waals surface area contributed by atoms with E-state index in [0.717, 1.165) is 39.0 Å². The number of amides is 1. The molecule has 0 atom stereocenters. The van der Waals surface area contributed by atoms with Gasteiger partial charge in [0.1, 0.15) is 0 Å². The molecule has 1 aromatic carbocycles. The lowest BCUT2D eigenvalue weighted by Gasteiger charge is -2.38. The Balaban J connectivity index is 1.54. The lowest BCUT2D eigenvalue weighted by atomic mass is 9.88. The van der Waals surface area contributed by atoms with Crippen molar-refractivity contribution < 1.29 is 4.79 Å². The molecule has 1 saturated heterocycles. The first-order chi connectivity index (χ1) is 11.1. The average molecular weight is 315 g/mol. The highest BCUT2D eigenvalue weighted by molar-refractivity contribution is 5.79. The van der Waals surface area contributed by atoms with Crippen molar-refractivity contribution in [2.45, 2.75) is 32.1 Å². The van der Waals surface area contributed by atoms with Gasteiger partial charge in [-0.15, -0.1) is 0 Å². The highest BCUT2D eigenvalue weighted by atomic mass is 16.2. The summed E-state index contributed by atoms with van der Waals surface area (Å²) in [5, 5.41) is 0. The summed E-state index contributed by atoms with van der Waals surface area (Å²) in [5.74, 6) is 0.710. The predicted molar refractivity (Wildman–Crippen MR) is 96.1 cm³/mol. The Morgan fingerprint density at radius 2 is 1.57 bits per heavy atom. The van der Waals surface area contributed by atoms with E-state index in [0.29, 0.717) is 11.8 Å². The number of benzene rings is 1. The third-order valence-corrected chi connectivity index (χ3v) is 5.28. The molecule has 0 bridgehead atoms. The van der Waals surface area contributed by atoms with Crippen LogP contribution in [-0.4, -0.2) is 51.1 Å². The van der Waals surface area contributed by atoms with Crippen molar-refractivity contribution in [3.05, 3.63) is 24.3 Å². The van der Waals surface area contributed by atoms with Gasteiger partial charge in [-0.25, -0.2) is 0 Å². The summed E-state index contributed by atoms with van der Waals surface area (Å²) in [4.78, 5) is 19.2. The molecule has 2 fully saturated rings. The second-order valence-electron chi connectivity index (χ2n) is 7.06.